The molecule has 0 radical (unpaired) electrons. The first-order valence-electron chi connectivity index (χ1n) is 21.1. The number of benzene rings is 4. The number of nitrogens with one attached hydrogen (secondary N) is 4. The molecule has 2 aliphatic rings. The molecular weight excluding hydrogens is 785 g/mol. The third-order valence-corrected chi connectivity index (χ3v) is 12.2. The van der Waals surface area contributed by atoms with Gasteiger partial charge in [-0.15, -0.1) is 0 Å². The van der Waals surface area contributed by atoms with Gasteiger partial charge in [0.2, 0.25) is 5.91 Å². The summed E-state index contributed by atoms with van der Waals surface area (Å²) in [5.41, 5.74) is 7.71. The molecule has 14 heteroatoms. The van der Waals surface area contributed by atoms with E-state index in [2.05, 4.69) is 82.1 Å². The average Bonchev–Trinajstić information content (AvgIpc) is 4.14. The molecule has 4 heterocycles. The lowest BCUT2D eigenvalue weighted by Gasteiger charge is -2.30. The highest BCUT2D eigenvalue weighted by Gasteiger charge is 2.39. The molecule has 2 aliphatic heterocycles. The Bertz CT molecular complexity index is 2590. The second-order valence-electron chi connectivity index (χ2n) is 16.3. The van der Waals surface area contributed by atoms with Crippen molar-refractivity contribution in [2.75, 3.05) is 27.3 Å². The summed E-state index contributed by atoms with van der Waals surface area (Å²) in [7, 11) is 2.58. The number of imidazole rings is 2. The molecule has 6 aromatic rings. The van der Waals surface area contributed by atoms with Crippen molar-refractivity contribution in [2.24, 2.45) is 5.92 Å². The molecule has 2 fully saturated rings. The molecule has 2 aromatic heterocycles. The van der Waals surface area contributed by atoms with E-state index in [1.54, 1.807) is 4.90 Å². The number of alkyl carbamates (subject to hydrolysis) is 2. The van der Waals surface area contributed by atoms with Crippen molar-refractivity contribution < 1.29 is 28.7 Å². The van der Waals surface area contributed by atoms with Gasteiger partial charge in [0.25, 0.3) is 5.91 Å². The lowest BCUT2D eigenvalue weighted by molar-refractivity contribution is -0.135. The van der Waals surface area contributed by atoms with Crippen LogP contribution in [0.1, 0.15) is 80.4 Å². The quantitative estimate of drug-likeness (QED) is 0.101. The highest BCUT2D eigenvalue weighted by atomic mass is 16.5. The van der Waals surface area contributed by atoms with Gasteiger partial charge in [-0.2, -0.15) is 0 Å². The second kappa shape index (κ2) is 17.9. The second-order valence-corrected chi connectivity index (χ2v) is 16.3. The zero-order valence-electron chi connectivity index (χ0n) is 35.6. The van der Waals surface area contributed by atoms with Crippen LogP contribution in [0, 0.1) is 12.8 Å². The van der Waals surface area contributed by atoms with Crippen molar-refractivity contribution >= 4 is 34.8 Å². The van der Waals surface area contributed by atoms with E-state index in [1.807, 2.05) is 61.5 Å². The zero-order chi connectivity index (χ0) is 43.5. The highest BCUT2D eigenvalue weighted by molar-refractivity contribution is 5.94. The number of methoxy groups -OCH3 is 2. The molecule has 2 saturated heterocycles. The van der Waals surface area contributed by atoms with Crippen LogP contribution < -0.4 is 10.6 Å². The maximum Gasteiger partial charge on any atom is 0.407 e. The van der Waals surface area contributed by atoms with Gasteiger partial charge in [-0.1, -0.05) is 92.7 Å². The Labute approximate surface area is 360 Å². The fraction of sp³-hybridized carbons (Fsp3) is 0.333. The number of aryl methyl sites for hydroxylation is 1. The predicted octanol–water partition coefficient (Wildman–Crippen LogP) is 8.40. The van der Waals surface area contributed by atoms with Crippen molar-refractivity contribution in [2.45, 2.75) is 70.6 Å². The molecule has 8 rings (SSSR count). The van der Waals surface area contributed by atoms with E-state index in [4.69, 9.17) is 19.4 Å². The van der Waals surface area contributed by atoms with Gasteiger partial charge in [-0.3, -0.25) is 9.59 Å². The zero-order valence-corrected chi connectivity index (χ0v) is 35.6. The fourth-order valence-corrected chi connectivity index (χ4v) is 8.88. The van der Waals surface area contributed by atoms with Crippen LogP contribution in [0.3, 0.4) is 0 Å². The van der Waals surface area contributed by atoms with Crippen LogP contribution in [0.15, 0.2) is 97.3 Å². The molecule has 0 aliphatic carbocycles. The van der Waals surface area contributed by atoms with Gasteiger partial charge < -0.3 is 39.9 Å². The minimum absolute atomic E-state index is 0.110. The lowest BCUT2D eigenvalue weighted by Crippen LogP contribution is -2.51. The molecule has 0 bridgehead atoms. The molecule has 14 nitrogen and oxygen atoms in total. The predicted molar refractivity (Wildman–Crippen MR) is 236 cm³/mol. The summed E-state index contributed by atoms with van der Waals surface area (Å²) in [5.74, 6) is 0.975. The molecular formula is C48H52N8O6. The van der Waals surface area contributed by atoms with Gasteiger partial charge in [0.1, 0.15) is 23.7 Å². The summed E-state index contributed by atoms with van der Waals surface area (Å²) < 4.78 is 9.62. The lowest BCUT2D eigenvalue weighted by atomic mass is 9.95. The fourth-order valence-electron chi connectivity index (χ4n) is 8.88. The van der Waals surface area contributed by atoms with Gasteiger partial charge in [0, 0.05) is 18.7 Å². The number of amides is 4. The Morgan fingerprint density at radius 3 is 1.92 bits per heavy atom. The summed E-state index contributed by atoms with van der Waals surface area (Å²) in [6.45, 7) is 7.07. The van der Waals surface area contributed by atoms with Gasteiger partial charge in [-0.25, -0.2) is 19.6 Å². The monoisotopic (exact) mass is 836 g/mol. The van der Waals surface area contributed by atoms with Crippen LogP contribution >= 0.6 is 0 Å². The first kappa shape index (κ1) is 41.8. The number of aromatic amines is 2. The number of fused-ring (bicyclic) bond motifs is 1. The van der Waals surface area contributed by atoms with Gasteiger partial charge in [0.15, 0.2) is 0 Å². The summed E-state index contributed by atoms with van der Waals surface area (Å²) in [6, 6.07) is 26.2. The van der Waals surface area contributed by atoms with Gasteiger partial charge in [-0.05, 0) is 83.2 Å². The number of likely N-dealkylation sites (tertiary alicyclic amines) is 2. The Hall–Kier alpha value is -6.96. The molecule has 4 N–H and O–H groups in total. The van der Waals surface area contributed by atoms with E-state index < -0.39 is 24.3 Å². The first-order valence-corrected chi connectivity index (χ1v) is 21.1. The number of rotatable bonds is 11. The maximum absolute atomic E-state index is 13.9. The minimum atomic E-state index is -0.881. The van der Waals surface area contributed by atoms with Crippen LogP contribution in [0.2, 0.25) is 0 Å². The Kier molecular flexibility index (Phi) is 12.1. The summed E-state index contributed by atoms with van der Waals surface area (Å²) >= 11 is 0. The third-order valence-electron chi connectivity index (χ3n) is 12.2. The normalized spacial score (nSPS) is 17.3. The third kappa shape index (κ3) is 8.37. The Morgan fingerprint density at radius 1 is 0.694 bits per heavy atom. The standard InChI is InChI=1S/C48H52N8O6/c1-28(2)41(53-47(59)61-4)45(57)55-23-9-14-40(55)44-50-27-38(52-44)36-22-20-34-25-33(19-21-35(34)29(36)3)30-15-17-31(18-16-30)37-26-49-43(51-37)39-13-10-24-56(39)46(58)42(54-48(60)62-5)32-11-7-6-8-12-32/h6-8,11-12,15-22,25-28,39-42H,9-10,13-14,23-24H2,1-5H3,(H,49,51)(H,50,52)(H,53,59)(H,54,60)/t39-,40-,41-,42-/m0/s1. The van der Waals surface area contributed by atoms with E-state index in [9.17, 15) is 19.2 Å². The van der Waals surface area contributed by atoms with E-state index in [-0.39, 0.29) is 29.8 Å². The van der Waals surface area contributed by atoms with E-state index in [1.165, 1.54) is 14.2 Å². The average molecular weight is 837 g/mol. The van der Waals surface area contributed by atoms with E-state index in [0.717, 1.165) is 81.5 Å². The number of aromatic nitrogens is 4. The first-order chi connectivity index (χ1) is 30.0. The number of hydrogen-bond donors (Lipinski definition) is 4. The molecule has 4 atom stereocenters. The van der Waals surface area contributed by atoms with Gasteiger partial charge in [0.05, 0.1) is 50.1 Å². The molecule has 4 amide bonds. The number of H-pyrrole nitrogens is 2. The smallest absolute Gasteiger partial charge is 0.407 e. The highest BCUT2D eigenvalue weighted by Crippen LogP contribution is 2.37. The number of hydrogen-bond acceptors (Lipinski definition) is 8. The summed E-state index contributed by atoms with van der Waals surface area (Å²) in [4.78, 5) is 71.9. The van der Waals surface area contributed by atoms with Crippen molar-refractivity contribution in [3.8, 4) is 33.6 Å². The van der Waals surface area contributed by atoms with Crippen LogP contribution in [0.4, 0.5) is 9.59 Å². The van der Waals surface area contributed by atoms with E-state index in [0.29, 0.717) is 24.5 Å². The summed E-state index contributed by atoms with van der Waals surface area (Å²) in [5, 5.41) is 7.67. The molecule has 0 spiro atoms. The SMILES string of the molecule is COC(=O)N[C@H](C(=O)N1CCC[C@H]1c1ncc(-c2ccc(-c3ccc4c(C)c(-c5cnc([C@@H]6CCCN6C(=O)[C@@H](NC(=O)OC)C(C)C)[nH]5)ccc4c3)cc2)[nH]1)c1ccccc1. The summed E-state index contributed by atoms with van der Waals surface area (Å²) in [6.07, 6.45) is 5.55. The molecule has 4 aromatic carbocycles. The number of ether oxygens (including phenoxy) is 2. The maximum atomic E-state index is 13.9. The van der Waals surface area contributed by atoms with Crippen LogP contribution in [0.25, 0.3) is 44.4 Å². The molecule has 0 unspecified atom stereocenters. The number of nitrogens with zero attached hydrogens (tertiary/aromatic N) is 4. The van der Waals surface area contributed by atoms with Crippen molar-refractivity contribution in [1.29, 1.82) is 0 Å². The largest absolute Gasteiger partial charge is 0.453 e. The molecule has 62 heavy (non-hydrogen) atoms. The van der Waals surface area contributed by atoms with Gasteiger partial charge >= 0.3 is 12.2 Å². The van der Waals surface area contributed by atoms with Crippen LogP contribution in [0.5, 0.6) is 0 Å². The van der Waals surface area contributed by atoms with Crippen molar-refractivity contribution in [3.05, 3.63) is 120 Å². The topological polar surface area (TPSA) is 175 Å². The number of carbonyl (C=O) groups is 4. The van der Waals surface area contributed by atoms with Crippen molar-refractivity contribution in [1.82, 2.24) is 40.4 Å². The Morgan fingerprint density at radius 2 is 1.27 bits per heavy atom. The Balaban J connectivity index is 0.960. The van der Waals surface area contributed by atoms with Crippen LogP contribution in [-0.4, -0.2) is 87.1 Å². The van der Waals surface area contributed by atoms with Crippen molar-refractivity contribution in [3.63, 3.8) is 0 Å². The van der Waals surface area contributed by atoms with Crippen LogP contribution in [-0.2, 0) is 19.1 Å². The number of carbonyl (C=O) groups excluding carboxylic acids is 4. The minimum Gasteiger partial charge on any atom is -0.453 e. The molecule has 0 saturated carbocycles. The molecule has 320 valence electrons. The van der Waals surface area contributed by atoms with E-state index >= 15 is 0 Å².